The van der Waals surface area contributed by atoms with Crippen molar-refractivity contribution in [2.75, 3.05) is 36.5 Å². The first-order valence-electron chi connectivity index (χ1n) is 9.47. The maximum absolute atomic E-state index is 12.6. The largest absolute Gasteiger partial charge is 0.378 e. The van der Waals surface area contributed by atoms with Crippen molar-refractivity contribution in [2.24, 2.45) is 0 Å². The Kier molecular flexibility index (Phi) is 7.18. The summed E-state index contributed by atoms with van der Waals surface area (Å²) >= 11 is 12.2. The number of anilines is 2. The first kappa shape index (κ1) is 20.9. The number of carbonyl (C=O) groups excluding carboxylic acids is 1. The smallest absolute Gasteiger partial charge is 0.282 e. The molecule has 0 aliphatic carbocycles. The molecule has 1 aliphatic rings. The van der Waals surface area contributed by atoms with Gasteiger partial charge in [0.2, 0.25) is 0 Å². The van der Waals surface area contributed by atoms with Crippen LogP contribution in [0.25, 0.3) is 0 Å². The van der Waals surface area contributed by atoms with Gasteiger partial charge in [-0.3, -0.25) is 4.79 Å². The van der Waals surface area contributed by atoms with Gasteiger partial charge in [-0.05, 0) is 50.2 Å². The van der Waals surface area contributed by atoms with Crippen molar-refractivity contribution in [3.8, 4) is 0 Å². The standard InChI is InChI=1S/C21H25Cl2N3O2/c1-14(19-8-3-16(22)13-20(19)23)24-15(2)21(27)25-17-4-6-18(7-5-17)26-9-11-28-12-10-26/h3-8,13-15,24H,9-12H2,1-2H3,(H,25,27)/p+1/t14-,15-/m1/s1. The van der Waals surface area contributed by atoms with Crippen LogP contribution in [0.2, 0.25) is 10.0 Å². The number of hydrogen-bond acceptors (Lipinski definition) is 3. The first-order chi connectivity index (χ1) is 13.4. The quantitative estimate of drug-likeness (QED) is 0.748. The summed E-state index contributed by atoms with van der Waals surface area (Å²) in [7, 11) is 0. The molecule has 1 amide bonds. The molecular formula is C21H26Cl2N3O2+. The molecule has 3 rings (SSSR count). The van der Waals surface area contributed by atoms with Crippen LogP contribution in [-0.2, 0) is 9.53 Å². The molecule has 7 heteroatoms. The van der Waals surface area contributed by atoms with E-state index in [1.54, 1.807) is 6.07 Å². The number of rotatable bonds is 6. The van der Waals surface area contributed by atoms with Crippen molar-refractivity contribution >= 4 is 40.5 Å². The second kappa shape index (κ2) is 9.61. The van der Waals surface area contributed by atoms with Gasteiger partial charge < -0.3 is 20.3 Å². The zero-order chi connectivity index (χ0) is 20.1. The van der Waals surface area contributed by atoms with E-state index in [0.717, 1.165) is 43.2 Å². The summed E-state index contributed by atoms with van der Waals surface area (Å²) in [6.07, 6.45) is 0. The second-order valence-electron chi connectivity index (χ2n) is 7.07. The van der Waals surface area contributed by atoms with Crippen LogP contribution in [0.1, 0.15) is 25.5 Å². The van der Waals surface area contributed by atoms with E-state index in [1.165, 1.54) is 0 Å². The molecule has 1 fully saturated rings. The van der Waals surface area contributed by atoms with E-state index in [-0.39, 0.29) is 18.0 Å². The minimum Gasteiger partial charge on any atom is -0.378 e. The molecule has 0 aromatic heterocycles. The lowest BCUT2D eigenvalue weighted by Crippen LogP contribution is -2.91. The average Bonchev–Trinajstić information content (AvgIpc) is 2.69. The number of hydrogen-bond donors (Lipinski definition) is 2. The minimum absolute atomic E-state index is 0.0363. The molecule has 0 spiro atoms. The Morgan fingerprint density at radius 2 is 1.79 bits per heavy atom. The predicted molar refractivity (Wildman–Crippen MR) is 114 cm³/mol. The Morgan fingerprint density at radius 3 is 2.43 bits per heavy atom. The molecule has 2 aromatic carbocycles. The van der Waals surface area contributed by atoms with Crippen LogP contribution in [0.5, 0.6) is 0 Å². The average molecular weight is 423 g/mol. The van der Waals surface area contributed by atoms with E-state index in [2.05, 4.69) is 10.2 Å². The van der Waals surface area contributed by atoms with Crippen LogP contribution >= 0.6 is 23.2 Å². The van der Waals surface area contributed by atoms with E-state index < -0.39 is 0 Å². The van der Waals surface area contributed by atoms with E-state index in [1.807, 2.05) is 55.6 Å². The van der Waals surface area contributed by atoms with Gasteiger partial charge in [0.05, 0.1) is 18.2 Å². The zero-order valence-electron chi connectivity index (χ0n) is 16.1. The highest BCUT2D eigenvalue weighted by atomic mass is 35.5. The lowest BCUT2D eigenvalue weighted by molar-refractivity contribution is -0.709. The third kappa shape index (κ3) is 5.39. The zero-order valence-corrected chi connectivity index (χ0v) is 17.6. The molecule has 1 aliphatic heterocycles. The van der Waals surface area contributed by atoms with Gasteiger partial charge in [0.15, 0.2) is 6.04 Å². The highest BCUT2D eigenvalue weighted by Gasteiger charge is 2.22. The predicted octanol–water partition coefficient (Wildman–Crippen LogP) is 3.48. The fourth-order valence-corrected chi connectivity index (χ4v) is 3.91. The fraction of sp³-hybridized carbons (Fsp3) is 0.381. The third-order valence-corrected chi connectivity index (χ3v) is 5.52. The van der Waals surface area contributed by atoms with Crippen molar-refractivity contribution in [3.63, 3.8) is 0 Å². The number of carbonyl (C=O) groups is 1. The van der Waals surface area contributed by atoms with E-state index in [9.17, 15) is 4.79 Å². The molecule has 5 nitrogen and oxygen atoms in total. The molecular weight excluding hydrogens is 397 g/mol. The number of amides is 1. The molecule has 1 saturated heterocycles. The van der Waals surface area contributed by atoms with E-state index >= 15 is 0 Å². The lowest BCUT2D eigenvalue weighted by atomic mass is 10.1. The fourth-order valence-electron chi connectivity index (χ4n) is 3.33. The highest BCUT2D eigenvalue weighted by Crippen LogP contribution is 2.24. The van der Waals surface area contributed by atoms with E-state index in [0.29, 0.717) is 10.0 Å². The minimum atomic E-state index is -0.263. The summed E-state index contributed by atoms with van der Waals surface area (Å²) in [4.78, 5) is 14.9. The molecule has 2 aromatic rings. The van der Waals surface area contributed by atoms with Gasteiger partial charge in [-0.2, -0.15) is 0 Å². The number of nitrogens with zero attached hydrogens (tertiary/aromatic N) is 1. The summed E-state index contributed by atoms with van der Waals surface area (Å²) < 4.78 is 5.38. The molecule has 1 heterocycles. The van der Waals surface area contributed by atoms with Gasteiger partial charge in [-0.25, -0.2) is 0 Å². The molecule has 0 bridgehead atoms. The number of morpholine rings is 1. The second-order valence-corrected chi connectivity index (χ2v) is 7.91. The monoisotopic (exact) mass is 422 g/mol. The Labute approximate surface area is 176 Å². The Hall–Kier alpha value is -1.79. The van der Waals surface area contributed by atoms with Crippen LogP contribution in [0.4, 0.5) is 11.4 Å². The van der Waals surface area contributed by atoms with Gasteiger partial charge in [0.25, 0.3) is 5.91 Å². The number of quaternary nitrogens is 1. The van der Waals surface area contributed by atoms with Crippen LogP contribution in [-0.4, -0.2) is 38.3 Å². The number of nitrogens with one attached hydrogen (secondary N) is 1. The Bertz CT molecular complexity index is 808. The molecule has 0 saturated carbocycles. The summed E-state index contributed by atoms with van der Waals surface area (Å²) in [6.45, 7) is 7.20. The summed E-state index contributed by atoms with van der Waals surface area (Å²) in [5.41, 5.74) is 2.90. The van der Waals surface area contributed by atoms with Crippen LogP contribution in [0.3, 0.4) is 0 Å². The molecule has 0 unspecified atom stereocenters. The topological polar surface area (TPSA) is 58.2 Å². The van der Waals surface area contributed by atoms with Gasteiger partial charge in [-0.15, -0.1) is 0 Å². The number of halogens is 2. The van der Waals surface area contributed by atoms with Crippen LogP contribution in [0.15, 0.2) is 42.5 Å². The maximum atomic E-state index is 12.6. The molecule has 3 N–H and O–H groups in total. The van der Waals surface area contributed by atoms with Gasteiger partial charge >= 0.3 is 0 Å². The van der Waals surface area contributed by atoms with Gasteiger partial charge in [-0.1, -0.05) is 29.3 Å². The van der Waals surface area contributed by atoms with Crippen molar-refractivity contribution in [3.05, 3.63) is 58.1 Å². The summed E-state index contributed by atoms with van der Waals surface area (Å²) in [5.74, 6) is -0.0453. The van der Waals surface area contributed by atoms with Crippen molar-refractivity contribution in [1.29, 1.82) is 0 Å². The van der Waals surface area contributed by atoms with Crippen molar-refractivity contribution in [2.45, 2.75) is 25.9 Å². The normalized spacial score (nSPS) is 16.5. The lowest BCUT2D eigenvalue weighted by Gasteiger charge is -2.29. The molecule has 2 atom stereocenters. The van der Waals surface area contributed by atoms with E-state index in [4.69, 9.17) is 27.9 Å². The summed E-state index contributed by atoms with van der Waals surface area (Å²) in [5, 5.41) is 6.19. The number of ether oxygens (including phenoxy) is 1. The Morgan fingerprint density at radius 1 is 1.11 bits per heavy atom. The van der Waals surface area contributed by atoms with Crippen LogP contribution in [0, 0.1) is 0 Å². The number of nitrogens with two attached hydrogens (primary N) is 1. The van der Waals surface area contributed by atoms with Gasteiger partial charge in [0, 0.05) is 35.1 Å². The maximum Gasteiger partial charge on any atom is 0.282 e. The summed E-state index contributed by atoms with van der Waals surface area (Å²) in [6, 6.07) is 13.2. The number of benzene rings is 2. The Balaban J connectivity index is 1.56. The highest BCUT2D eigenvalue weighted by molar-refractivity contribution is 6.35. The molecule has 28 heavy (non-hydrogen) atoms. The van der Waals surface area contributed by atoms with Crippen molar-refractivity contribution < 1.29 is 14.8 Å². The van der Waals surface area contributed by atoms with Crippen molar-refractivity contribution in [1.82, 2.24) is 0 Å². The molecule has 0 radical (unpaired) electrons. The van der Waals surface area contributed by atoms with Crippen LogP contribution < -0.4 is 15.5 Å². The first-order valence-corrected chi connectivity index (χ1v) is 10.2. The third-order valence-electron chi connectivity index (χ3n) is 4.96. The van der Waals surface area contributed by atoms with Gasteiger partial charge in [0.1, 0.15) is 6.04 Å². The SMILES string of the molecule is C[C@@H]([NH2+][C@H](C)c1ccc(Cl)cc1Cl)C(=O)Nc1ccc(N2CCOCC2)cc1. The molecule has 150 valence electrons.